The average molecular weight is 812 g/mol. The van der Waals surface area contributed by atoms with Gasteiger partial charge in [0.2, 0.25) is 11.8 Å². The normalized spacial score (nSPS) is 12.4. The molecule has 1 aliphatic carbocycles. The number of carbonyl (C=O) groups excluding carboxylic acids is 4. The summed E-state index contributed by atoms with van der Waals surface area (Å²) in [6, 6.07) is 43.7. The minimum absolute atomic E-state index is 0.0372. The van der Waals surface area contributed by atoms with E-state index in [0.717, 1.165) is 51.8 Å². The van der Waals surface area contributed by atoms with E-state index in [4.69, 9.17) is 18.9 Å². The molecule has 6 rings (SSSR count). The van der Waals surface area contributed by atoms with Crippen LogP contribution in [-0.2, 0) is 38.9 Å². The van der Waals surface area contributed by atoms with Crippen molar-refractivity contribution >= 4 is 23.9 Å². The molecule has 0 fully saturated rings. The Labute approximate surface area is 351 Å². The van der Waals surface area contributed by atoms with E-state index in [2.05, 4.69) is 28.1 Å². The van der Waals surface area contributed by atoms with Crippen molar-refractivity contribution in [3.63, 3.8) is 0 Å². The molecule has 0 spiro atoms. The Morgan fingerprint density at radius 3 is 1.68 bits per heavy atom. The lowest BCUT2D eigenvalue weighted by atomic mass is 9.77. The molecular formula is C49H53N3O8. The lowest BCUT2D eigenvalue weighted by Crippen LogP contribution is -2.53. The van der Waals surface area contributed by atoms with Crippen LogP contribution in [0.15, 0.2) is 140 Å². The van der Waals surface area contributed by atoms with Crippen LogP contribution in [0.3, 0.4) is 0 Å². The number of esters is 1. The van der Waals surface area contributed by atoms with E-state index in [9.17, 15) is 19.2 Å². The number of unbranched alkanes of at least 4 members (excludes halogenated alkanes) is 1. The molecule has 3 N–H and O–H groups in total. The average Bonchev–Trinajstić information content (AvgIpc) is 3.61. The maximum Gasteiger partial charge on any atom is 0.407 e. The molecule has 0 saturated carbocycles. The number of amides is 3. The summed E-state index contributed by atoms with van der Waals surface area (Å²) in [7, 11) is 0. The Morgan fingerprint density at radius 1 is 0.617 bits per heavy atom. The van der Waals surface area contributed by atoms with Gasteiger partial charge in [0, 0.05) is 12.5 Å². The van der Waals surface area contributed by atoms with Gasteiger partial charge in [-0.2, -0.15) is 0 Å². The molecule has 0 aliphatic heterocycles. The van der Waals surface area contributed by atoms with Crippen LogP contribution in [0, 0.1) is 0 Å². The number of ether oxygens (including phenoxy) is 4. The molecule has 5 aromatic carbocycles. The molecule has 0 unspecified atom stereocenters. The number of benzene rings is 5. The fourth-order valence-electron chi connectivity index (χ4n) is 7.47. The predicted octanol–water partition coefficient (Wildman–Crippen LogP) is 7.27. The van der Waals surface area contributed by atoms with E-state index >= 15 is 0 Å². The zero-order valence-electron chi connectivity index (χ0n) is 34.0. The minimum Gasteiger partial charge on any atom is -0.466 e. The molecule has 0 radical (unpaired) electrons. The van der Waals surface area contributed by atoms with Crippen LogP contribution in [0.4, 0.5) is 4.79 Å². The summed E-state index contributed by atoms with van der Waals surface area (Å²) < 4.78 is 22.0. The van der Waals surface area contributed by atoms with Crippen molar-refractivity contribution in [2.24, 2.45) is 0 Å². The van der Waals surface area contributed by atoms with E-state index in [0.29, 0.717) is 6.61 Å². The maximum absolute atomic E-state index is 14.4. The van der Waals surface area contributed by atoms with E-state index in [1.54, 1.807) is 0 Å². The van der Waals surface area contributed by atoms with Crippen molar-refractivity contribution < 1.29 is 38.1 Å². The van der Waals surface area contributed by atoms with Crippen molar-refractivity contribution in [2.75, 3.05) is 46.2 Å². The highest BCUT2D eigenvalue weighted by atomic mass is 16.6. The molecular weight excluding hydrogens is 759 g/mol. The van der Waals surface area contributed by atoms with Gasteiger partial charge in [-0.15, -0.1) is 0 Å². The van der Waals surface area contributed by atoms with E-state index < -0.39 is 29.5 Å². The van der Waals surface area contributed by atoms with Crippen LogP contribution < -0.4 is 16.0 Å². The Kier molecular flexibility index (Phi) is 16.0. The van der Waals surface area contributed by atoms with E-state index in [1.165, 1.54) is 0 Å². The molecule has 5 aromatic rings. The second-order valence-electron chi connectivity index (χ2n) is 14.5. The fourth-order valence-corrected chi connectivity index (χ4v) is 7.47. The smallest absolute Gasteiger partial charge is 0.407 e. The summed E-state index contributed by atoms with van der Waals surface area (Å²) in [6.45, 7) is 3.45. The van der Waals surface area contributed by atoms with Gasteiger partial charge < -0.3 is 34.9 Å². The molecule has 3 amide bonds. The Morgan fingerprint density at radius 2 is 1.13 bits per heavy atom. The molecule has 0 bridgehead atoms. The topological polar surface area (TPSA) is 141 Å². The summed E-state index contributed by atoms with van der Waals surface area (Å²) in [6.07, 6.45) is 0.723. The number of nitrogens with one attached hydrogen (secondary N) is 3. The number of carbonyl (C=O) groups is 4. The first-order chi connectivity index (χ1) is 29.4. The van der Waals surface area contributed by atoms with Crippen molar-refractivity contribution in [1.29, 1.82) is 0 Å². The standard InChI is InChI=1S/C49H53N3O8/c1-2-3-29-59-46(54)27-30-57-32-33-58-31-28-50-47(55)44(51-48(56)60-35-43-41-25-15-13-23-39(41)40-24-14-16-26-42(40)43)34-45(53)52-49(36-17-7-4-8-18-36,37-19-9-5-10-20-37)38-21-11-6-12-22-38/h4-26,43-44H,2-3,27-35H2,1H3,(H,50,55)(H,51,56)(H,52,53)/t44-/m0/s1. The predicted molar refractivity (Wildman–Crippen MR) is 229 cm³/mol. The lowest BCUT2D eigenvalue weighted by Gasteiger charge is -2.37. The molecule has 11 heteroatoms. The van der Waals surface area contributed by atoms with Gasteiger partial charge in [-0.05, 0) is 45.4 Å². The molecule has 60 heavy (non-hydrogen) atoms. The van der Waals surface area contributed by atoms with Crippen LogP contribution in [-0.4, -0.2) is 76.1 Å². The third kappa shape index (κ3) is 11.2. The molecule has 0 saturated heterocycles. The molecule has 0 heterocycles. The zero-order valence-corrected chi connectivity index (χ0v) is 34.0. The number of rotatable bonds is 22. The first-order valence-electron chi connectivity index (χ1n) is 20.6. The van der Waals surface area contributed by atoms with Crippen LogP contribution >= 0.6 is 0 Å². The van der Waals surface area contributed by atoms with Gasteiger partial charge in [0.15, 0.2) is 0 Å². The summed E-state index contributed by atoms with van der Waals surface area (Å²) in [5.74, 6) is -1.55. The van der Waals surface area contributed by atoms with Crippen LogP contribution in [0.2, 0.25) is 0 Å². The Balaban J connectivity index is 1.12. The van der Waals surface area contributed by atoms with Gasteiger partial charge in [-0.25, -0.2) is 4.79 Å². The molecule has 312 valence electrons. The third-order valence-electron chi connectivity index (χ3n) is 10.4. The van der Waals surface area contributed by atoms with Crippen LogP contribution in [0.25, 0.3) is 11.1 Å². The maximum atomic E-state index is 14.4. The lowest BCUT2D eigenvalue weighted by molar-refractivity contribution is -0.145. The van der Waals surface area contributed by atoms with Gasteiger partial charge in [0.05, 0.1) is 45.9 Å². The van der Waals surface area contributed by atoms with Crippen molar-refractivity contribution in [3.05, 3.63) is 167 Å². The van der Waals surface area contributed by atoms with Gasteiger partial charge in [0.25, 0.3) is 0 Å². The summed E-state index contributed by atoms with van der Waals surface area (Å²) in [5.41, 5.74) is 5.59. The Hall–Kier alpha value is -6.30. The molecule has 0 aromatic heterocycles. The number of hydrogen-bond donors (Lipinski definition) is 3. The first kappa shape index (κ1) is 43.3. The van der Waals surface area contributed by atoms with Crippen LogP contribution in [0.1, 0.15) is 66.3 Å². The largest absolute Gasteiger partial charge is 0.466 e. The fraction of sp³-hybridized carbons (Fsp3) is 0.306. The van der Waals surface area contributed by atoms with Crippen molar-refractivity contribution in [2.45, 2.75) is 50.1 Å². The summed E-state index contributed by atoms with van der Waals surface area (Å²) in [4.78, 5) is 53.5. The number of hydrogen-bond acceptors (Lipinski definition) is 8. The molecule has 11 nitrogen and oxygen atoms in total. The highest BCUT2D eigenvalue weighted by Crippen LogP contribution is 2.44. The van der Waals surface area contributed by atoms with Gasteiger partial charge in [-0.3, -0.25) is 14.4 Å². The second kappa shape index (κ2) is 22.2. The SMILES string of the molecule is CCCCOC(=O)CCOCCOCCNC(=O)[C@H](CC(=O)NC(c1ccccc1)(c1ccccc1)c1ccccc1)NC(=O)OCC1c2ccccc2-c2ccccc21. The van der Waals surface area contributed by atoms with Crippen LogP contribution in [0.5, 0.6) is 0 Å². The van der Waals surface area contributed by atoms with Gasteiger partial charge in [0.1, 0.15) is 18.2 Å². The van der Waals surface area contributed by atoms with Crippen molar-refractivity contribution in [1.82, 2.24) is 16.0 Å². The first-order valence-corrected chi connectivity index (χ1v) is 20.6. The minimum atomic E-state index is -1.29. The zero-order chi connectivity index (χ0) is 42.0. The molecule has 1 atom stereocenters. The van der Waals surface area contributed by atoms with Gasteiger partial charge in [-0.1, -0.05) is 153 Å². The van der Waals surface area contributed by atoms with Crippen molar-refractivity contribution in [3.8, 4) is 11.1 Å². The Bertz CT molecular complexity index is 2010. The number of fused-ring (bicyclic) bond motifs is 3. The quantitative estimate of drug-likeness (QED) is 0.0377. The van der Waals surface area contributed by atoms with E-state index in [-0.39, 0.29) is 64.3 Å². The number of alkyl carbamates (subject to hydrolysis) is 1. The van der Waals surface area contributed by atoms with E-state index in [1.807, 2.05) is 134 Å². The highest BCUT2D eigenvalue weighted by molar-refractivity contribution is 5.91. The summed E-state index contributed by atoms with van der Waals surface area (Å²) >= 11 is 0. The molecule has 1 aliphatic rings. The monoisotopic (exact) mass is 811 g/mol. The van der Waals surface area contributed by atoms with Gasteiger partial charge >= 0.3 is 12.1 Å². The summed E-state index contributed by atoms with van der Waals surface area (Å²) in [5, 5.41) is 8.77. The second-order valence-corrected chi connectivity index (χ2v) is 14.5. The third-order valence-corrected chi connectivity index (χ3v) is 10.4. The highest BCUT2D eigenvalue weighted by Gasteiger charge is 2.39.